The highest BCUT2D eigenvalue weighted by Crippen LogP contribution is 2.37. The molecule has 1 saturated heterocycles. The summed E-state index contributed by atoms with van der Waals surface area (Å²) in [5.74, 6) is 2.73. The van der Waals surface area contributed by atoms with Crippen LogP contribution in [-0.4, -0.2) is 58.7 Å². The third-order valence-corrected chi connectivity index (χ3v) is 6.42. The summed E-state index contributed by atoms with van der Waals surface area (Å²) in [6.07, 6.45) is 2.81. The van der Waals surface area contributed by atoms with Gasteiger partial charge in [0.1, 0.15) is 17.3 Å². The summed E-state index contributed by atoms with van der Waals surface area (Å²) in [5, 5.41) is 3.45. The number of ether oxygens (including phenoxy) is 2. The second-order valence-corrected chi connectivity index (χ2v) is 9.73. The summed E-state index contributed by atoms with van der Waals surface area (Å²) in [5.41, 5.74) is 2.25. The third-order valence-electron chi connectivity index (χ3n) is 6.42. The number of hydrogen-bond donors (Lipinski definition) is 1. The molecule has 0 spiro atoms. The number of nitrogens with zero attached hydrogens (tertiary/aromatic N) is 4. The Kier molecular flexibility index (Phi) is 5.86. The zero-order valence-corrected chi connectivity index (χ0v) is 19.9. The van der Waals surface area contributed by atoms with Crippen LogP contribution in [0.15, 0.2) is 24.3 Å². The van der Waals surface area contributed by atoms with Gasteiger partial charge in [0.25, 0.3) is 5.91 Å². The van der Waals surface area contributed by atoms with E-state index in [2.05, 4.69) is 10.2 Å². The molecule has 1 aromatic carbocycles. The van der Waals surface area contributed by atoms with Gasteiger partial charge in [-0.3, -0.25) is 4.79 Å². The minimum absolute atomic E-state index is 0.0283. The van der Waals surface area contributed by atoms with E-state index in [9.17, 15) is 4.79 Å². The Morgan fingerprint density at radius 3 is 2.55 bits per heavy atom. The number of rotatable bonds is 7. The molecule has 1 aliphatic carbocycles. The van der Waals surface area contributed by atoms with Crippen LogP contribution in [-0.2, 0) is 11.3 Å². The van der Waals surface area contributed by atoms with Gasteiger partial charge < -0.3 is 24.6 Å². The molecule has 8 nitrogen and oxygen atoms in total. The first kappa shape index (κ1) is 21.9. The van der Waals surface area contributed by atoms with E-state index in [1.165, 1.54) is 12.8 Å². The van der Waals surface area contributed by atoms with Crippen molar-refractivity contribution in [1.82, 2.24) is 14.9 Å². The average molecular weight is 452 g/mol. The van der Waals surface area contributed by atoms with E-state index in [1.807, 2.05) is 56.9 Å². The van der Waals surface area contributed by atoms with Gasteiger partial charge in [-0.05, 0) is 70.7 Å². The van der Waals surface area contributed by atoms with Crippen molar-refractivity contribution in [1.29, 1.82) is 0 Å². The normalized spacial score (nSPS) is 20.5. The third kappa shape index (κ3) is 4.62. The molecule has 0 radical (unpaired) electrons. The number of aromatic nitrogens is 2. The monoisotopic (exact) mass is 451 g/mol. The van der Waals surface area contributed by atoms with Crippen molar-refractivity contribution in [2.24, 2.45) is 5.92 Å². The van der Waals surface area contributed by atoms with Gasteiger partial charge in [-0.15, -0.1) is 0 Å². The Balaban J connectivity index is 1.45. The van der Waals surface area contributed by atoms with Crippen LogP contribution < -0.4 is 15.0 Å². The smallest absolute Gasteiger partial charge is 0.273 e. The number of hydrogen-bond acceptors (Lipinski definition) is 7. The average Bonchev–Trinajstić information content (AvgIpc) is 3.58. The Morgan fingerprint density at radius 1 is 1.12 bits per heavy atom. The summed E-state index contributed by atoms with van der Waals surface area (Å²) in [4.78, 5) is 26.8. The minimum Gasteiger partial charge on any atom is -0.491 e. The molecule has 3 heterocycles. The number of fused-ring (bicyclic) bond motifs is 1. The number of anilines is 3. The first-order valence-electron chi connectivity index (χ1n) is 12.0. The van der Waals surface area contributed by atoms with Crippen molar-refractivity contribution in [3.8, 4) is 5.75 Å². The minimum atomic E-state index is -0.0283. The second-order valence-electron chi connectivity index (χ2n) is 9.73. The van der Waals surface area contributed by atoms with E-state index in [0.717, 1.165) is 30.1 Å². The van der Waals surface area contributed by atoms with Crippen LogP contribution in [0.4, 0.5) is 17.5 Å². The van der Waals surface area contributed by atoms with Crippen molar-refractivity contribution >= 4 is 23.4 Å². The first-order chi connectivity index (χ1) is 15.9. The topological polar surface area (TPSA) is 79.8 Å². The van der Waals surface area contributed by atoms with E-state index < -0.39 is 0 Å². The lowest BCUT2D eigenvalue weighted by Crippen LogP contribution is -2.44. The number of carbonyl (C=O) groups is 1. The fourth-order valence-corrected chi connectivity index (χ4v) is 4.47. The molecule has 3 aliphatic rings. The van der Waals surface area contributed by atoms with Gasteiger partial charge in [0.2, 0.25) is 5.95 Å². The summed E-state index contributed by atoms with van der Waals surface area (Å²) < 4.78 is 11.7. The van der Waals surface area contributed by atoms with Gasteiger partial charge in [0.15, 0.2) is 0 Å². The SMILES string of the molecule is CC(C)Oc1ccc(Nc2nc(N3CCOC(C4CC4)C3)nc3c2CN(C(C)C)C3=O)cc1. The number of morpholine rings is 1. The number of benzene rings is 1. The predicted molar refractivity (Wildman–Crippen MR) is 127 cm³/mol. The van der Waals surface area contributed by atoms with Gasteiger partial charge in [-0.1, -0.05) is 0 Å². The van der Waals surface area contributed by atoms with Crippen molar-refractivity contribution in [2.45, 2.75) is 65.3 Å². The highest BCUT2D eigenvalue weighted by molar-refractivity contribution is 5.98. The quantitative estimate of drug-likeness (QED) is 0.682. The van der Waals surface area contributed by atoms with Crippen molar-refractivity contribution in [3.05, 3.63) is 35.5 Å². The zero-order chi connectivity index (χ0) is 23.1. The Bertz CT molecular complexity index is 1020. The van der Waals surface area contributed by atoms with E-state index in [4.69, 9.17) is 19.4 Å². The molecule has 8 heteroatoms. The lowest BCUT2D eigenvalue weighted by molar-refractivity contribution is 0.0258. The Morgan fingerprint density at radius 2 is 1.88 bits per heavy atom. The molecule has 2 fully saturated rings. The van der Waals surface area contributed by atoms with Crippen LogP contribution >= 0.6 is 0 Å². The van der Waals surface area contributed by atoms with E-state index in [0.29, 0.717) is 36.5 Å². The number of carbonyl (C=O) groups excluding carboxylic acids is 1. The van der Waals surface area contributed by atoms with Gasteiger partial charge >= 0.3 is 0 Å². The highest BCUT2D eigenvalue weighted by atomic mass is 16.5. The van der Waals surface area contributed by atoms with Crippen LogP contribution in [0, 0.1) is 5.92 Å². The molecule has 5 rings (SSSR count). The fourth-order valence-electron chi connectivity index (χ4n) is 4.47. The van der Waals surface area contributed by atoms with Crippen molar-refractivity contribution < 1.29 is 14.3 Å². The molecule has 1 atom stereocenters. The summed E-state index contributed by atoms with van der Waals surface area (Å²) >= 11 is 0. The summed E-state index contributed by atoms with van der Waals surface area (Å²) in [7, 11) is 0. The van der Waals surface area contributed by atoms with Crippen molar-refractivity contribution in [3.63, 3.8) is 0 Å². The fraction of sp³-hybridized carbons (Fsp3) is 0.560. The molecule has 33 heavy (non-hydrogen) atoms. The molecule has 1 amide bonds. The van der Waals surface area contributed by atoms with Crippen LogP contribution in [0.2, 0.25) is 0 Å². The molecule has 2 aliphatic heterocycles. The molecule has 1 saturated carbocycles. The Hall–Kier alpha value is -2.87. The highest BCUT2D eigenvalue weighted by Gasteiger charge is 2.38. The maximum Gasteiger partial charge on any atom is 0.273 e. The summed E-state index contributed by atoms with van der Waals surface area (Å²) in [6, 6.07) is 7.93. The molecule has 176 valence electrons. The second kappa shape index (κ2) is 8.82. The Labute approximate surface area is 195 Å². The van der Waals surface area contributed by atoms with Gasteiger partial charge in [-0.2, -0.15) is 4.98 Å². The lowest BCUT2D eigenvalue weighted by atomic mass is 10.2. The molecule has 1 N–H and O–H groups in total. The number of nitrogens with one attached hydrogen (secondary N) is 1. The van der Waals surface area contributed by atoms with Gasteiger partial charge in [0.05, 0.1) is 25.4 Å². The standard InChI is InChI=1S/C25H33N5O3/c1-15(2)30-13-20-22(24(30)31)27-25(29-11-12-32-21(14-29)17-5-6-17)28-23(20)26-18-7-9-19(10-8-18)33-16(3)4/h7-10,15-17,21H,5-6,11-14H2,1-4H3,(H,26,27,28). The summed E-state index contributed by atoms with van der Waals surface area (Å²) in [6.45, 7) is 10.7. The number of amides is 1. The maximum atomic E-state index is 13.2. The molecule has 0 bridgehead atoms. The van der Waals surface area contributed by atoms with Crippen LogP contribution in [0.5, 0.6) is 5.75 Å². The molecule has 2 aromatic rings. The molecular formula is C25H33N5O3. The predicted octanol–water partition coefficient (Wildman–Crippen LogP) is 3.99. The van der Waals surface area contributed by atoms with Crippen LogP contribution in [0.25, 0.3) is 0 Å². The van der Waals surface area contributed by atoms with E-state index >= 15 is 0 Å². The van der Waals surface area contributed by atoms with E-state index in [-0.39, 0.29) is 24.2 Å². The van der Waals surface area contributed by atoms with E-state index in [1.54, 1.807) is 0 Å². The van der Waals surface area contributed by atoms with Crippen molar-refractivity contribution in [2.75, 3.05) is 29.9 Å². The largest absolute Gasteiger partial charge is 0.491 e. The molecular weight excluding hydrogens is 418 g/mol. The maximum absolute atomic E-state index is 13.2. The molecule has 1 aromatic heterocycles. The lowest BCUT2D eigenvalue weighted by Gasteiger charge is -2.33. The van der Waals surface area contributed by atoms with Gasteiger partial charge in [0, 0.05) is 30.4 Å². The molecule has 1 unspecified atom stereocenters. The zero-order valence-electron chi connectivity index (χ0n) is 19.9. The van der Waals surface area contributed by atoms with Crippen LogP contribution in [0.1, 0.15) is 56.6 Å². The van der Waals surface area contributed by atoms with Crippen LogP contribution in [0.3, 0.4) is 0 Å². The first-order valence-corrected chi connectivity index (χ1v) is 12.0. The van der Waals surface area contributed by atoms with Gasteiger partial charge in [-0.25, -0.2) is 4.98 Å².